The minimum atomic E-state index is -1.44. The van der Waals surface area contributed by atoms with Crippen molar-refractivity contribution < 1.29 is 19.1 Å². The van der Waals surface area contributed by atoms with Crippen molar-refractivity contribution in [3.63, 3.8) is 0 Å². The molecule has 2 aromatic rings. The molecule has 38 heavy (non-hydrogen) atoms. The zero-order valence-electron chi connectivity index (χ0n) is 22.2. The third-order valence-corrected chi connectivity index (χ3v) is 9.83. The van der Waals surface area contributed by atoms with Gasteiger partial charge < -0.3 is 19.8 Å². The summed E-state index contributed by atoms with van der Waals surface area (Å²) in [5.41, 5.74) is 6.11. The number of fused-ring (bicyclic) bond motifs is 3. The minimum Gasteiger partial charge on any atom is -0.390 e. The van der Waals surface area contributed by atoms with E-state index in [-0.39, 0.29) is 36.9 Å². The molecular weight excluding hydrogens is 485 g/mol. The number of rotatable bonds is 4. The van der Waals surface area contributed by atoms with E-state index >= 15 is 0 Å². The fraction of sp³-hybridized carbons (Fsp3) is 0.621. The number of piperidine rings is 1. The maximum atomic E-state index is 14.2. The van der Waals surface area contributed by atoms with Crippen LogP contribution in [-0.4, -0.2) is 87.0 Å². The van der Waals surface area contributed by atoms with Gasteiger partial charge in [-0.25, -0.2) is 4.39 Å². The Labute approximate surface area is 222 Å². The molecule has 2 saturated carbocycles. The van der Waals surface area contributed by atoms with Gasteiger partial charge in [-0.3, -0.25) is 14.3 Å². The first kappa shape index (κ1) is 24.1. The molecule has 7 rings (SSSR count). The standard InChI is InChI=1S/C29H36FN5O3/c1-17-4-3-5-22(18(17)2)33-10-11-34(29(16-33)7-8-29)25(37)15-35-23-13-19-12-20(19)26(23)27(31-35)28(38)32-9-6-24(36)21(30)14-32/h3-5,19-21,24,36H,6-16H2,1-2H3/t19-,20-,21+,24+/m1/s1. The molecule has 1 spiro atoms. The fourth-order valence-electron chi connectivity index (χ4n) is 7.14. The highest BCUT2D eigenvalue weighted by Crippen LogP contribution is 2.57. The van der Waals surface area contributed by atoms with E-state index in [1.165, 1.54) is 21.7 Å². The lowest BCUT2D eigenvalue weighted by Crippen LogP contribution is -2.58. The van der Waals surface area contributed by atoms with Gasteiger partial charge in [0.2, 0.25) is 5.91 Å². The van der Waals surface area contributed by atoms with E-state index in [0.717, 1.165) is 50.0 Å². The first-order chi connectivity index (χ1) is 18.3. The van der Waals surface area contributed by atoms with Crippen LogP contribution in [0.25, 0.3) is 0 Å². The third-order valence-electron chi connectivity index (χ3n) is 9.83. The molecule has 3 heterocycles. The van der Waals surface area contributed by atoms with Crippen LogP contribution in [0.1, 0.15) is 64.5 Å². The average Bonchev–Trinajstić information content (AvgIpc) is 3.78. The Bertz CT molecular complexity index is 1320. The van der Waals surface area contributed by atoms with Crippen LogP contribution in [0.2, 0.25) is 0 Å². The summed E-state index contributed by atoms with van der Waals surface area (Å²) in [6, 6.07) is 6.43. The minimum absolute atomic E-state index is 0.0675. The quantitative estimate of drug-likeness (QED) is 0.669. The number of halogens is 1. The number of carbonyl (C=O) groups is 2. The molecule has 1 aromatic heterocycles. The van der Waals surface area contributed by atoms with Crippen molar-refractivity contribution in [2.24, 2.45) is 5.92 Å². The fourth-order valence-corrected chi connectivity index (χ4v) is 7.14. The Morgan fingerprint density at radius 3 is 2.76 bits per heavy atom. The van der Waals surface area contributed by atoms with E-state index in [2.05, 4.69) is 41.8 Å². The molecule has 0 unspecified atom stereocenters. The van der Waals surface area contributed by atoms with Crippen molar-refractivity contribution in [2.45, 2.75) is 76.2 Å². The molecular formula is C29H36FN5O3. The van der Waals surface area contributed by atoms with E-state index in [1.807, 2.05) is 0 Å². The molecule has 4 fully saturated rings. The van der Waals surface area contributed by atoms with Crippen LogP contribution in [0.15, 0.2) is 18.2 Å². The largest absolute Gasteiger partial charge is 0.390 e. The maximum Gasteiger partial charge on any atom is 0.274 e. The summed E-state index contributed by atoms with van der Waals surface area (Å²) >= 11 is 0. The number of piperazine rings is 1. The number of aliphatic hydroxyl groups is 1. The second kappa shape index (κ2) is 8.53. The number of amides is 2. The molecule has 5 aliphatic rings. The van der Waals surface area contributed by atoms with Crippen LogP contribution in [0.5, 0.6) is 0 Å². The van der Waals surface area contributed by atoms with Gasteiger partial charge in [-0.05, 0) is 75.0 Å². The molecule has 9 heteroatoms. The van der Waals surface area contributed by atoms with E-state index in [4.69, 9.17) is 5.10 Å². The monoisotopic (exact) mass is 521 g/mol. The van der Waals surface area contributed by atoms with Gasteiger partial charge in [-0.1, -0.05) is 12.1 Å². The molecule has 2 amide bonds. The van der Waals surface area contributed by atoms with Crippen LogP contribution in [0.3, 0.4) is 0 Å². The van der Waals surface area contributed by atoms with Gasteiger partial charge in [0, 0.05) is 43.1 Å². The molecule has 8 nitrogen and oxygen atoms in total. The topological polar surface area (TPSA) is 81.9 Å². The summed E-state index contributed by atoms with van der Waals surface area (Å²) in [5, 5.41) is 14.5. The van der Waals surface area contributed by atoms with E-state index in [9.17, 15) is 19.1 Å². The number of aryl methyl sites for hydroxylation is 1. The van der Waals surface area contributed by atoms with Crippen LogP contribution in [0.4, 0.5) is 10.1 Å². The third kappa shape index (κ3) is 3.76. The number of aliphatic hydroxyl groups excluding tert-OH is 1. The van der Waals surface area contributed by atoms with Crippen LogP contribution < -0.4 is 4.90 Å². The normalized spacial score (nSPS) is 28.9. The molecule has 4 atom stereocenters. The summed E-state index contributed by atoms with van der Waals surface area (Å²) in [6.07, 6.45) is 1.71. The highest BCUT2D eigenvalue weighted by molar-refractivity contribution is 5.95. The molecule has 2 saturated heterocycles. The van der Waals surface area contributed by atoms with Crippen molar-refractivity contribution in [1.29, 1.82) is 0 Å². The summed E-state index contributed by atoms with van der Waals surface area (Å²) in [6.45, 7) is 6.99. The molecule has 1 N–H and O–H groups in total. The first-order valence-corrected chi connectivity index (χ1v) is 14.1. The first-order valence-electron chi connectivity index (χ1n) is 14.1. The number of hydrogen-bond acceptors (Lipinski definition) is 5. The Hall–Kier alpha value is -2.94. The van der Waals surface area contributed by atoms with E-state index < -0.39 is 12.3 Å². The van der Waals surface area contributed by atoms with Gasteiger partial charge in [-0.15, -0.1) is 0 Å². The van der Waals surface area contributed by atoms with Gasteiger partial charge in [0.05, 0.1) is 18.2 Å². The number of alkyl halides is 1. The maximum absolute atomic E-state index is 14.2. The van der Waals surface area contributed by atoms with Crippen LogP contribution >= 0.6 is 0 Å². The number of nitrogens with zero attached hydrogens (tertiary/aromatic N) is 5. The van der Waals surface area contributed by atoms with Crippen LogP contribution in [0, 0.1) is 19.8 Å². The zero-order chi connectivity index (χ0) is 26.3. The van der Waals surface area contributed by atoms with Crippen molar-refractivity contribution >= 4 is 17.5 Å². The number of anilines is 1. The van der Waals surface area contributed by atoms with Crippen molar-refractivity contribution in [2.75, 3.05) is 37.6 Å². The predicted molar refractivity (Wildman–Crippen MR) is 140 cm³/mol. The smallest absolute Gasteiger partial charge is 0.274 e. The Kier molecular flexibility index (Phi) is 5.42. The molecule has 0 bridgehead atoms. The second-order valence-corrected chi connectivity index (χ2v) is 12.2. The van der Waals surface area contributed by atoms with Crippen molar-refractivity contribution in [3.8, 4) is 0 Å². The lowest BCUT2D eigenvalue weighted by atomic mass is 10.0. The number of hydrogen-bond donors (Lipinski definition) is 1. The zero-order valence-corrected chi connectivity index (χ0v) is 22.2. The summed E-state index contributed by atoms with van der Waals surface area (Å²) in [4.78, 5) is 33.1. The number of benzene rings is 1. The molecule has 202 valence electrons. The SMILES string of the molecule is Cc1cccc(N2CCN(C(=O)Cn3nc(C(=O)N4CC[C@H](O)[C@@H](F)C4)c4c3C[C@H]3C[C@@H]43)C3(CC3)C2)c1C. The average molecular weight is 522 g/mol. The summed E-state index contributed by atoms with van der Waals surface area (Å²) < 4.78 is 16.0. The Balaban J connectivity index is 1.10. The molecule has 2 aliphatic heterocycles. The van der Waals surface area contributed by atoms with Gasteiger partial charge >= 0.3 is 0 Å². The molecule has 3 aliphatic carbocycles. The van der Waals surface area contributed by atoms with Crippen LogP contribution in [-0.2, 0) is 17.8 Å². The van der Waals surface area contributed by atoms with E-state index in [0.29, 0.717) is 30.6 Å². The highest BCUT2D eigenvalue weighted by Gasteiger charge is 2.54. The number of carbonyl (C=O) groups excluding carboxylic acids is 2. The van der Waals surface area contributed by atoms with Gasteiger partial charge in [0.25, 0.3) is 5.91 Å². The molecule has 0 radical (unpaired) electrons. The van der Waals surface area contributed by atoms with Gasteiger partial charge in [0.15, 0.2) is 5.69 Å². The summed E-state index contributed by atoms with van der Waals surface area (Å²) in [5.74, 6) is 0.664. The van der Waals surface area contributed by atoms with Gasteiger partial charge in [0.1, 0.15) is 12.7 Å². The Morgan fingerprint density at radius 1 is 1.18 bits per heavy atom. The molecule has 1 aromatic carbocycles. The van der Waals surface area contributed by atoms with E-state index in [1.54, 1.807) is 4.68 Å². The van der Waals surface area contributed by atoms with Crippen molar-refractivity contribution in [1.82, 2.24) is 19.6 Å². The number of aromatic nitrogens is 2. The number of likely N-dealkylation sites (tertiary alicyclic amines) is 1. The Morgan fingerprint density at radius 2 is 2.00 bits per heavy atom. The van der Waals surface area contributed by atoms with Gasteiger partial charge in [-0.2, -0.15) is 5.10 Å². The summed E-state index contributed by atoms with van der Waals surface area (Å²) in [7, 11) is 0. The van der Waals surface area contributed by atoms with Crippen molar-refractivity contribution in [3.05, 3.63) is 46.3 Å². The highest BCUT2D eigenvalue weighted by atomic mass is 19.1. The predicted octanol–water partition coefficient (Wildman–Crippen LogP) is 2.59. The lowest BCUT2D eigenvalue weighted by molar-refractivity contribution is -0.135. The lowest BCUT2D eigenvalue weighted by Gasteiger charge is -2.44. The second-order valence-electron chi connectivity index (χ2n) is 12.2.